The van der Waals surface area contributed by atoms with Crippen LogP contribution in [-0.4, -0.2) is 48.2 Å². The van der Waals surface area contributed by atoms with Crippen molar-refractivity contribution in [2.45, 2.75) is 0 Å². The van der Waals surface area contributed by atoms with E-state index < -0.39 is 0 Å². The van der Waals surface area contributed by atoms with Crippen LogP contribution in [0.25, 0.3) is 0 Å². The summed E-state index contributed by atoms with van der Waals surface area (Å²) in [5.41, 5.74) is 0.348. The van der Waals surface area contributed by atoms with Crippen LogP contribution in [0.3, 0.4) is 0 Å². The third kappa shape index (κ3) is 3.96. The summed E-state index contributed by atoms with van der Waals surface area (Å²) < 4.78 is 5.05. The van der Waals surface area contributed by atoms with Crippen molar-refractivity contribution in [3.8, 4) is 11.5 Å². The highest BCUT2D eigenvalue weighted by Gasteiger charge is 2.14. The fourth-order valence-corrected chi connectivity index (χ4v) is 1.81. The molecule has 110 valence electrons. The minimum absolute atomic E-state index is 0. The van der Waals surface area contributed by atoms with Gasteiger partial charge in [-0.25, -0.2) is 0 Å². The van der Waals surface area contributed by atoms with Crippen molar-refractivity contribution in [2.24, 2.45) is 0 Å². The fraction of sp³-hybridized carbons (Fsp3) is 0.308. The van der Waals surface area contributed by atoms with Crippen LogP contribution in [0.4, 0.5) is 5.69 Å². The Balaban J connectivity index is 0.00000200. The van der Waals surface area contributed by atoms with E-state index in [2.05, 4.69) is 5.32 Å². The molecule has 0 aliphatic carbocycles. The van der Waals surface area contributed by atoms with Crippen LogP contribution in [0.1, 0.15) is 0 Å². The number of anilines is 1. The second-order valence-corrected chi connectivity index (χ2v) is 4.37. The van der Waals surface area contributed by atoms with Crippen LogP contribution in [-0.2, 0) is 4.79 Å². The maximum absolute atomic E-state index is 11.9. The number of methoxy groups -OCH3 is 1. The summed E-state index contributed by atoms with van der Waals surface area (Å²) in [5, 5.41) is 12.3. The number of carbonyl (C=O) groups excluding carboxylic acids is 1. The number of aromatic hydroxyl groups is 1. The second-order valence-electron chi connectivity index (χ2n) is 4.37. The maximum atomic E-state index is 11.9. The molecule has 1 amide bonds. The van der Waals surface area contributed by atoms with Crippen molar-refractivity contribution in [3.05, 3.63) is 30.6 Å². The Bertz CT molecular complexity index is 508. The number of ether oxygens (including phenoxy) is 1. The molecular formula is C13H18ClN3O3. The van der Waals surface area contributed by atoms with Gasteiger partial charge in [-0.05, 0) is 12.1 Å². The lowest BCUT2D eigenvalue weighted by Crippen LogP contribution is -2.31. The molecule has 20 heavy (non-hydrogen) atoms. The molecule has 1 heterocycles. The number of nitrogens with zero attached hydrogens (tertiary/aromatic N) is 2. The first-order valence-electron chi connectivity index (χ1n) is 5.88. The smallest absolute Gasteiger partial charge is 0.244 e. The summed E-state index contributed by atoms with van der Waals surface area (Å²) in [6.45, 7) is 0.912. The van der Waals surface area contributed by atoms with E-state index in [9.17, 15) is 9.90 Å². The quantitative estimate of drug-likeness (QED) is 0.824. The van der Waals surface area contributed by atoms with Crippen molar-refractivity contribution in [3.63, 3.8) is 0 Å². The van der Waals surface area contributed by atoms with Crippen LogP contribution in [0.5, 0.6) is 11.5 Å². The van der Waals surface area contributed by atoms with E-state index in [-0.39, 0.29) is 30.6 Å². The predicted molar refractivity (Wildman–Crippen MR) is 79.0 cm³/mol. The third-order valence-corrected chi connectivity index (χ3v) is 2.76. The third-order valence-electron chi connectivity index (χ3n) is 2.76. The van der Waals surface area contributed by atoms with Crippen LogP contribution in [0.15, 0.2) is 30.6 Å². The largest absolute Gasteiger partial charge is 0.506 e. The summed E-state index contributed by atoms with van der Waals surface area (Å²) in [5.74, 6) is 0.403. The number of carbonyl (C=O) groups is 1. The van der Waals surface area contributed by atoms with E-state index in [4.69, 9.17) is 4.74 Å². The van der Waals surface area contributed by atoms with Crippen molar-refractivity contribution in [1.82, 2.24) is 9.80 Å². The van der Waals surface area contributed by atoms with E-state index in [0.29, 0.717) is 18.1 Å². The zero-order valence-electron chi connectivity index (χ0n) is 11.4. The molecule has 0 unspecified atom stereocenters. The number of halogens is 1. The van der Waals surface area contributed by atoms with Crippen LogP contribution in [0.2, 0.25) is 0 Å². The molecule has 1 aliphatic rings. The summed E-state index contributed by atoms with van der Waals surface area (Å²) in [7, 11) is 3.46. The maximum Gasteiger partial charge on any atom is 0.244 e. The lowest BCUT2D eigenvalue weighted by molar-refractivity contribution is -0.116. The predicted octanol–water partition coefficient (Wildman–Crippen LogP) is 1.44. The molecule has 0 bridgehead atoms. The van der Waals surface area contributed by atoms with E-state index in [1.54, 1.807) is 12.1 Å². The van der Waals surface area contributed by atoms with Gasteiger partial charge in [0.15, 0.2) is 0 Å². The summed E-state index contributed by atoms with van der Waals surface area (Å²) in [4.78, 5) is 15.7. The van der Waals surface area contributed by atoms with Crippen LogP contribution < -0.4 is 10.1 Å². The highest BCUT2D eigenvalue weighted by Crippen LogP contribution is 2.27. The first kappa shape index (κ1) is 16.0. The zero-order valence-corrected chi connectivity index (χ0v) is 12.2. The minimum atomic E-state index is -0.191. The van der Waals surface area contributed by atoms with Gasteiger partial charge in [0, 0.05) is 25.5 Å². The number of amides is 1. The Morgan fingerprint density at radius 3 is 2.80 bits per heavy atom. The van der Waals surface area contributed by atoms with Gasteiger partial charge in [0.05, 0.1) is 26.0 Å². The lowest BCUT2D eigenvalue weighted by Gasteiger charge is -2.17. The Kier molecular flexibility index (Phi) is 5.52. The summed E-state index contributed by atoms with van der Waals surface area (Å²) in [6, 6.07) is 4.69. The normalized spacial score (nSPS) is 13.1. The number of rotatable bonds is 4. The molecule has 2 N–H and O–H groups in total. The Hall–Kier alpha value is -2.08. The van der Waals surface area contributed by atoms with Gasteiger partial charge in [-0.15, -0.1) is 12.4 Å². The monoisotopic (exact) mass is 299 g/mol. The molecule has 0 saturated heterocycles. The number of nitrogens with one attached hydrogen (secondary N) is 1. The molecule has 0 atom stereocenters. The highest BCUT2D eigenvalue weighted by atomic mass is 35.5. The van der Waals surface area contributed by atoms with Gasteiger partial charge in [0.25, 0.3) is 0 Å². The molecule has 2 rings (SSSR count). The van der Waals surface area contributed by atoms with Crippen molar-refractivity contribution < 1.29 is 14.6 Å². The number of phenolic OH excluding ortho intramolecular Hbond substituents is 1. The topological polar surface area (TPSA) is 65.0 Å². The second kappa shape index (κ2) is 6.91. The van der Waals surface area contributed by atoms with Crippen molar-refractivity contribution >= 4 is 24.0 Å². The van der Waals surface area contributed by atoms with Crippen molar-refractivity contribution in [1.29, 1.82) is 0 Å². The average molecular weight is 300 g/mol. The SMILES string of the molecule is COc1ccc(O)c(NC(=O)CN2C=CN(C)C2)c1.Cl. The van der Waals surface area contributed by atoms with Gasteiger partial charge in [-0.3, -0.25) is 4.79 Å². The number of benzene rings is 1. The average Bonchev–Trinajstić information content (AvgIpc) is 2.77. The molecule has 6 nitrogen and oxygen atoms in total. The molecule has 1 aliphatic heterocycles. The first-order chi connectivity index (χ1) is 9.08. The van der Waals surface area contributed by atoms with Gasteiger partial charge in [-0.2, -0.15) is 0 Å². The Labute approximate surface area is 124 Å². The lowest BCUT2D eigenvalue weighted by atomic mass is 10.2. The van der Waals surface area contributed by atoms with E-state index in [0.717, 1.165) is 0 Å². The molecule has 1 aromatic rings. The minimum Gasteiger partial charge on any atom is -0.506 e. The van der Waals surface area contributed by atoms with Gasteiger partial charge in [-0.1, -0.05) is 0 Å². The Morgan fingerprint density at radius 1 is 1.45 bits per heavy atom. The molecule has 0 radical (unpaired) electrons. The van der Waals surface area contributed by atoms with E-state index in [1.165, 1.54) is 13.2 Å². The Morgan fingerprint density at radius 2 is 2.20 bits per heavy atom. The van der Waals surface area contributed by atoms with Gasteiger partial charge >= 0.3 is 0 Å². The first-order valence-corrected chi connectivity index (χ1v) is 5.88. The molecule has 7 heteroatoms. The number of phenols is 1. The number of hydrogen-bond donors (Lipinski definition) is 2. The van der Waals surface area contributed by atoms with Gasteiger partial charge < -0.3 is 25.0 Å². The van der Waals surface area contributed by atoms with Gasteiger partial charge in [0.1, 0.15) is 11.5 Å². The number of hydrogen-bond acceptors (Lipinski definition) is 5. The van der Waals surface area contributed by atoms with Crippen molar-refractivity contribution in [2.75, 3.05) is 32.7 Å². The zero-order chi connectivity index (χ0) is 13.8. The molecule has 0 aromatic heterocycles. The fourth-order valence-electron chi connectivity index (χ4n) is 1.81. The molecule has 0 saturated carbocycles. The van der Waals surface area contributed by atoms with Crippen LogP contribution >= 0.6 is 12.4 Å². The van der Waals surface area contributed by atoms with E-state index >= 15 is 0 Å². The summed E-state index contributed by atoms with van der Waals surface area (Å²) >= 11 is 0. The molecule has 0 fully saturated rings. The van der Waals surface area contributed by atoms with Gasteiger partial charge in [0.2, 0.25) is 5.91 Å². The van der Waals surface area contributed by atoms with E-state index in [1.807, 2.05) is 29.2 Å². The summed E-state index contributed by atoms with van der Waals surface area (Å²) in [6.07, 6.45) is 3.75. The van der Waals surface area contributed by atoms with Crippen LogP contribution in [0, 0.1) is 0 Å². The molecule has 0 spiro atoms. The standard InChI is InChI=1S/C13H17N3O3.ClH/c1-15-5-6-16(9-15)8-13(18)14-11-7-10(19-2)3-4-12(11)17;/h3-7,17H,8-9H2,1-2H3,(H,14,18);1H. The molecule has 1 aromatic carbocycles. The molecular weight excluding hydrogens is 282 g/mol. The highest BCUT2D eigenvalue weighted by molar-refractivity contribution is 5.94.